The van der Waals surface area contributed by atoms with Crippen LogP contribution in [0.5, 0.6) is 0 Å². The largest absolute Gasteiger partial charge is 0.355 e. The molecule has 0 radical (unpaired) electrons. The van der Waals surface area contributed by atoms with Crippen molar-refractivity contribution >= 4 is 34.1 Å². The summed E-state index contributed by atoms with van der Waals surface area (Å²) in [5.41, 5.74) is 2.75. The van der Waals surface area contributed by atoms with Crippen molar-refractivity contribution in [2.75, 3.05) is 5.32 Å². The maximum absolute atomic E-state index is 13.1. The molecule has 0 unspecified atom stereocenters. The van der Waals surface area contributed by atoms with Crippen molar-refractivity contribution in [1.82, 2.24) is 5.16 Å². The number of halogens is 1. The van der Waals surface area contributed by atoms with Crippen LogP contribution in [0, 0.1) is 5.82 Å². The minimum Gasteiger partial charge on any atom is -0.355 e. The summed E-state index contributed by atoms with van der Waals surface area (Å²) in [7, 11) is 0. The second-order valence-electron chi connectivity index (χ2n) is 7.50. The van der Waals surface area contributed by atoms with Crippen LogP contribution >= 0.6 is 11.8 Å². The van der Waals surface area contributed by atoms with Gasteiger partial charge in [0.05, 0.1) is 5.69 Å². The van der Waals surface area contributed by atoms with Gasteiger partial charge in [-0.3, -0.25) is 4.79 Å². The molecule has 0 aliphatic heterocycles. The molecule has 1 aromatic heterocycles. The summed E-state index contributed by atoms with van der Waals surface area (Å²) in [6.45, 7) is 0. The zero-order valence-corrected chi connectivity index (χ0v) is 18.3. The van der Waals surface area contributed by atoms with Crippen molar-refractivity contribution in [1.29, 1.82) is 0 Å². The van der Waals surface area contributed by atoms with E-state index in [9.17, 15) is 9.18 Å². The average Bonchev–Trinajstić information content (AvgIpc) is 3.35. The third-order valence-corrected chi connectivity index (χ3v) is 6.36. The third kappa shape index (κ3) is 4.81. The molecule has 162 valence electrons. The number of carbonyl (C=O) groups is 1. The molecule has 1 N–H and O–H groups in total. The van der Waals surface area contributed by atoms with Crippen molar-refractivity contribution in [2.45, 2.75) is 10.6 Å². The van der Waals surface area contributed by atoms with E-state index < -0.39 is 0 Å². The smallest absolute Gasteiger partial charge is 0.277 e. The first-order valence-electron chi connectivity index (χ1n) is 10.4. The van der Waals surface area contributed by atoms with E-state index >= 15 is 0 Å². The van der Waals surface area contributed by atoms with Gasteiger partial charge in [-0.05, 0) is 46.7 Å². The molecule has 1 amide bonds. The van der Waals surface area contributed by atoms with Crippen molar-refractivity contribution in [2.24, 2.45) is 0 Å². The highest BCUT2D eigenvalue weighted by Gasteiger charge is 2.16. The van der Waals surface area contributed by atoms with E-state index in [2.05, 4.69) is 10.5 Å². The Balaban J connectivity index is 1.31. The Bertz CT molecular complexity index is 1430. The van der Waals surface area contributed by atoms with Gasteiger partial charge >= 0.3 is 0 Å². The second-order valence-corrected chi connectivity index (χ2v) is 8.52. The molecule has 5 aromatic rings. The lowest BCUT2D eigenvalue weighted by atomic mass is 10.1. The van der Waals surface area contributed by atoms with Crippen LogP contribution in [0.15, 0.2) is 106 Å². The lowest BCUT2D eigenvalue weighted by molar-refractivity contribution is 0.101. The molecule has 0 bridgehead atoms. The normalized spacial score (nSPS) is 10.9. The standard InChI is InChI=1S/C27H19FN2O2S/c28-22-13-9-18(10-14-22)17-33-26-8-4-3-7-23(26)29-27(31)24-16-25(32-30-24)21-12-11-19-5-1-2-6-20(19)15-21/h1-16H,17H2,(H,29,31). The van der Waals surface area contributed by atoms with Crippen LogP contribution in [0.3, 0.4) is 0 Å². The molecule has 0 aliphatic carbocycles. The summed E-state index contributed by atoms with van der Waals surface area (Å²) in [5.74, 6) is 0.584. The SMILES string of the molecule is O=C(Nc1ccccc1SCc1ccc(F)cc1)c1cc(-c2ccc3ccccc3c2)on1. The highest BCUT2D eigenvalue weighted by atomic mass is 32.2. The molecular weight excluding hydrogens is 435 g/mol. The lowest BCUT2D eigenvalue weighted by Crippen LogP contribution is -2.12. The minimum absolute atomic E-state index is 0.205. The van der Waals surface area contributed by atoms with Crippen LogP contribution in [0.2, 0.25) is 0 Å². The van der Waals surface area contributed by atoms with E-state index in [1.165, 1.54) is 12.1 Å². The molecule has 0 aliphatic rings. The van der Waals surface area contributed by atoms with Crippen LogP contribution < -0.4 is 5.32 Å². The van der Waals surface area contributed by atoms with Gasteiger partial charge in [-0.25, -0.2) is 4.39 Å². The number of nitrogens with one attached hydrogen (secondary N) is 1. The van der Waals surface area contributed by atoms with Crippen molar-refractivity contribution in [3.63, 3.8) is 0 Å². The predicted molar refractivity (Wildman–Crippen MR) is 130 cm³/mol. The van der Waals surface area contributed by atoms with Crippen molar-refractivity contribution in [3.8, 4) is 11.3 Å². The molecule has 4 aromatic carbocycles. The van der Waals surface area contributed by atoms with E-state index in [1.807, 2.05) is 66.7 Å². The van der Waals surface area contributed by atoms with Gasteiger partial charge in [0, 0.05) is 22.3 Å². The Kier molecular flexibility index (Phi) is 5.91. The monoisotopic (exact) mass is 454 g/mol. The topological polar surface area (TPSA) is 55.1 Å². The lowest BCUT2D eigenvalue weighted by Gasteiger charge is -2.10. The Morgan fingerprint density at radius 2 is 1.64 bits per heavy atom. The number of anilines is 1. The van der Waals surface area contributed by atoms with Gasteiger partial charge < -0.3 is 9.84 Å². The van der Waals surface area contributed by atoms with Gasteiger partial charge in [-0.2, -0.15) is 0 Å². The predicted octanol–water partition coefficient (Wildman–Crippen LogP) is 7.18. The first-order chi connectivity index (χ1) is 16.2. The molecule has 0 fully saturated rings. The van der Waals surface area contributed by atoms with E-state index in [0.29, 0.717) is 17.2 Å². The molecule has 5 rings (SSSR count). The molecule has 0 atom stereocenters. The average molecular weight is 455 g/mol. The first kappa shape index (κ1) is 21.0. The molecule has 0 saturated heterocycles. The molecule has 4 nitrogen and oxygen atoms in total. The molecule has 33 heavy (non-hydrogen) atoms. The summed E-state index contributed by atoms with van der Waals surface area (Å²) in [6, 6.07) is 29.6. The van der Waals surface area contributed by atoms with Crippen LogP contribution in [-0.4, -0.2) is 11.1 Å². The van der Waals surface area contributed by atoms with Crippen LogP contribution in [-0.2, 0) is 5.75 Å². The maximum atomic E-state index is 13.1. The van der Waals surface area contributed by atoms with E-state index in [0.717, 1.165) is 26.8 Å². The zero-order chi connectivity index (χ0) is 22.6. The fraction of sp³-hybridized carbons (Fsp3) is 0.0370. The minimum atomic E-state index is -0.347. The first-order valence-corrected chi connectivity index (χ1v) is 11.4. The fourth-order valence-corrected chi connectivity index (χ4v) is 4.45. The summed E-state index contributed by atoms with van der Waals surface area (Å²) < 4.78 is 18.6. The Hall–Kier alpha value is -3.90. The number of rotatable bonds is 6. The van der Waals surface area contributed by atoms with Crippen LogP contribution in [0.4, 0.5) is 10.1 Å². The number of fused-ring (bicyclic) bond motifs is 1. The number of hydrogen-bond acceptors (Lipinski definition) is 4. The van der Waals surface area contributed by atoms with Crippen molar-refractivity contribution < 1.29 is 13.7 Å². The zero-order valence-electron chi connectivity index (χ0n) is 17.5. The number of thioether (sulfide) groups is 1. The molecule has 1 heterocycles. The second kappa shape index (κ2) is 9.30. The Morgan fingerprint density at radius 1 is 0.879 bits per heavy atom. The Morgan fingerprint density at radius 3 is 2.48 bits per heavy atom. The molecular formula is C27H19FN2O2S. The summed E-state index contributed by atoms with van der Waals surface area (Å²) in [5, 5.41) is 9.12. The number of benzene rings is 4. The molecule has 6 heteroatoms. The van der Waals surface area contributed by atoms with Gasteiger partial charge in [0.25, 0.3) is 5.91 Å². The number of para-hydroxylation sites is 1. The van der Waals surface area contributed by atoms with Gasteiger partial charge in [0.2, 0.25) is 0 Å². The summed E-state index contributed by atoms with van der Waals surface area (Å²) >= 11 is 1.57. The van der Waals surface area contributed by atoms with E-state index in [1.54, 1.807) is 30.0 Å². The van der Waals surface area contributed by atoms with E-state index in [-0.39, 0.29) is 17.4 Å². The van der Waals surface area contributed by atoms with Gasteiger partial charge in [-0.1, -0.05) is 65.8 Å². The number of carbonyl (C=O) groups excluding carboxylic acids is 1. The fourth-order valence-electron chi connectivity index (χ4n) is 3.48. The third-order valence-electron chi connectivity index (χ3n) is 5.22. The quantitative estimate of drug-likeness (QED) is 0.276. The Labute approximate surface area is 194 Å². The van der Waals surface area contributed by atoms with Gasteiger partial charge in [-0.15, -0.1) is 11.8 Å². The van der Waals surface area contributed by atoms with Gasteiger partial charge in [0.1, 0.15) is 5.82 Å². The summed E-state index contributed by atoms with van der Waals surface area (Å²) in [4.78, 5) is 13.8. The maximum Gasteiger partial charge on any atom is 0.277 e. The number of nitrogens with zero attached hydrogens (tertiary/aromatic N) is 1. The van der Waals surface area contributed by atoms with Crippen LogP contribution in [0.1, 0.15) is 16.1 Å². The molecule has 0 spiro atoms. The van der Waals surface area contributed by atoms with Crippen LogP contribution in [0.25, 0.3) is 22.1 Å². The number of hydrogen-bond donors (Lipinski definition) is 1. The van der Waals surface area contributed by atoms with Gasteiger partial charge in [0.15, 0.2) is 11.5 Å². The van der Waals surface area contributed by atoms with E-state index in [4.69, 9.17) is 4.52 Å². The number of aromatic nitrogens is 1. The van der Waals surface area contributed by atoms with Crippen molar-refractivity contribution in [3.05, 3.63) is 114 Å². The highest BCUT2D eigenvalue weighted by Crippen LogP contribution is 2.31. The highest BCUT2D eigenvalue weighted by molar-refractivity contribution is 7.98. The summed E-state index contributed by atoms with van der Waals surface area (Å²) in [6.07, 6.45) is 0. The number of amides is 1. The molecule has 0 saturated carbocycles.